The van der Waals surface area contributed by atoms with E-state index in [9.17, 15) is 0 Å². The Hall–Kier alpha value is -0.960. The molecular formula is C17H22N2S. The van der Waals surface area contributed by atoms with Crippen molar-refractivity contribution in [3.8, 4) is 0 Å². The van der Waals surface area contributed by atoms with Crippen LogP contribution >= 0.6 is 11.8 Å². The summed E-state index contributed by atoms with van der Waals surface area (Å²) in [5.74, 6) is 1.89. The van der Waals surface area contributed by atoms with Crippen LogP contribution in [0.25, 0.3) is 0 Å². The minimum Gasteiger partial charge on any atom is -0.359 e. The summed E-state index contributed by atoms with van der Waals surface area (Å²) in [6.45, 7) is 0.961. The third kappa shape index (κ3) is 2.26. The van der Waals surface area contributed by atoms with Gasteiger partial charge in [0.25, 0.3) is 0 Å². The summed E-state index contributed by atoms with van der Waals surface area (Å²) in [5, 5.41) is 4.95. The lowest BCUT2D eigenvalue weighted by Gasteiger charge is -2.33. The summed E-state index contributed by atoms with van der Waals surface area (Å²) >= 11 is 1.94. The molecule has 1 heterocycles. The summed E-state index contributed by atoms with van der Waals surface area (Å²) in [7, 11) is 0. The first-order valence-electron chi connectivity index (χ1n) is 7.88. The Morgan fingerprint density at radius 1 is 1.20 bits per heavy atom. The second-order valence-electron chi connectivity index (χ2n) is 6.50. The minimum atomic E-state index is 0.388. The molecule has 1 unspecified atom stereocenters. The highest BCUT2D eigenvalue weighted by Crippen LogP contribution is 2.38. The van der Waals surface area contributed by atoms with Gasteiger partial charge in [-0.3, -0.25) is 4.99 Å². The first kappa shape index (κ1) is 12.8. The van der Waals surface area contributed by atoms with Gasteiger partial charge in [-0.2, -0.15) is 0 Å². The van der Waals surface area contributed by atoms with E-state index in [0.717, 1.165) is 6.54 Å². The Morgan fingerprint density at radius 2 is 2.05 bits per heavy atom. The van der Waals surface area contributed by atoms with Crippen LogP contribution in [-0.4, -0.2) is 23.0 Å². The van der Waals surface area contributed by atoms with Crippen LogP contribution in [0.4, 0.5) is 0 Å². The molecule has 2 fully saturated rings. The molecule has 1 N–H and O–H groups in total. The highest BCUT2D eigenvalue weighted by molar-refractivity contribution is 8.14. The zero-order valence-corrected chi connectivity index (χ0v) is 12.7. The molecule has 1 saturated heterocycles. The van der Waals surface area contributed by atoms with Gasteiger partial charge in [0.1, 0.15) is 0 Å². The van der Waals surface area contributed by atoms with E-state index in [1.807, 2.05) is 11.8 Å². The van der Waals surface area contributed by atoms with Gasteiger partial charge in [0, 0.05) is 23.8 Å². The van der Waals surface area contributed by atoms with Crippen molar-refractivity contribution >= 4 is 16.9 Å². The molecule has 3 aliphatic rings. The summed E-state index contributed by atoms with van der Waals surface area (Å²) in [6, 6.07) is 8.81. The van der Waals surface area contributed by atoms with E-state index in [1.165, 1.54) is 60.6 Å². The molecule has 2 aliphatic carbocycles. The normalized spacial score (nSPS) is 29.0. The Morgan fingerprint density at radius 3 is 2.90 bits per heavy atom. The number of benzene rings is 1. The molecule has 0 aromatic heterocycles. The summed E-state index contributed by atoms with van der Waals surface area (Å²) < 4.78 is 0. The number of rotatable bonds is 2. The predicted octanol–water partition coefficient (Wildman–Crippen LogP) is 3.72. The van der Waals surface area contributed by atoms with Crippen LogP contribution in [0.2, 0.25) is 0 Å². The second-order valence-corrected chi connectivity index (χ2v) is 7.46. The summed E-state index contributed by atoms with van der Waals surface area (Å²) in [6.07, 6.45) is 8.08. The van der Waals surface area contributed by atoms with E-state index in [4.69, 9.17) is 4.99 Å². The number of aliphatic imine (C=N–C) groups is 1. The quantitative estimate of drug-likeness (QED) is 0.896. The van der Waals surface area contributed by atoms with Gasteiger partial charge in [-0.15, -0.1) is 0 Å². The largest absolute Gasteiger partial charge is 0.359 e. The lowest BCUT2D eigenvalue weighted by Crippen LogP contribution is -2.45. The van der Waals surface area contributed by atoms with Crippen molar-refractivity contribution in [2.75, 3.05) is 12.3 Å². The molecule has 1 atom stereocenters. The topological polar surface area (TPSA) is 24.4 Å². The highest BCUT2D eigenvalue weighted by atomic mass is 32.2. The smallest absolute Gasteiger partial charge is 0.157 e. The molecule has 20 heavy (non-hydrogen) atoms. The minimum absolute atomic E-state index is 0.388. The fourth-order valence-electron chi connectivity index (χ4n) is 3.81. The highest BCUT2D eigenvalue weighted by Gasteiger charge is 2.38. The van der Waals surface area contributed by atoms with Gasteiger partial charge in [0.05, 0.1) is 0 Å². The molecule has 0 bridgehead atoms. The Kier molecular flexibility index (Phi) is 3.25. The number of thioether (sulfide) groups is 1. The SMILES string of the molecule is c1ccc2c(c1)CC2CN=C1NC2(CCCCC2)CS1. The maximum Gasteiger partial charge on any atom is 0.157 e. The van der Waals surface area contributed by atoms with Gasteiger partial charge in [-0.25, -0.2) is 0 Å². The van der Waals surface area contributed by atoms with Crippen LogP contribution in [0.15, 0.2) is 29.3 Å². The van der Waals surface area contributed by atoms with Gasteiger partial charge < -0.3 is 5.32 Å². The van der Waals surface area contributed by atoms with Gasteiger partial charge in [0.2, 0.25) is 0 Å². The Bertz CT molecular complexity index is 532. The van der Waals surface area contributed by atoms with Gasteiger partial charge >= 0.3 is 0 Å². The van der Waals surface area contributed by atoms with E-state index < -0.39 is 0 Å². The molecule has 0 amide bonds. The summed E-state index contributed by atoms with van der Waals surface area (Å²) in [5.41, 5.74) is 3.43. The first-order chi connectivity index (χ1) is 9.85. The van der Waals surface area contributed by atoms with E-state index in [0.29, 0.717) is 11.5 Å². The maximum absolute atomic E-state index is 4.86. The zero-order chi connectivity index (χ0) is 13.4. The number of fused-ring (bicyclic) bond motifs is 1. The van der Waals surface area contributed by atoms with Crippen LogP contribution < -0.4 is 5.32 Å². The summed E-state index contributed by atoms with van der Waals surface area (Å²) in [4.78, 5) is 4.86. The van der Waals surface area contributed by atoms with E-state index in [1.54, 1.807) is 0 Å². The number of nitrogens with one attached hydrogen (secondary N) is 1. The number of hydrogen-bond acceptors (Lipinski definition) is 2. The number of amidine groups is 1. The maximum atomic E-state index is 4.86. The van der Waals surface area contributed by atoms with Crippen molar-refractivity contribution in [1.82, 2.24) is 5.32 Å². The molecule has 4 rings (SSSR count). The van der Waals surface area contributed by atoms with E-state index in [-0.39, 0.29) is 0 Å². The van der Waals surface area contributed by atoms with Crippen molar-refractivity contribution in [2.45, 2.75) is 50.0 Å². The second kappa shape index (κ2) is 5.10. The molecule has 1 spiro atoms. The van der Waals surface area contributed by atoms with Crippen LogP contribution in [-0.2, 0) is 6.42 Å². The molecule has 3 heteroatoms. The molecule has 106 valence electrons. The van der Waals surface area contributed by atoms with E-state index >= 15 is 0 Å². The van der Waals surface area contributed by atoms with Gasteiger partial charge in [-0.1, -0.05) is 55.3 Å². The van der Waals surface area contributed by atoms with Crippen molar-refractivity contribution in [3.05, 3.63) is 35.4 Å². The average Bonchev–Trinajstić information content (AvgIpc) is 2.84. The Balaban J connectivity index is 1.38. The first-order valence-corrected chi connectivity index (χ1v) is 8.86. The molecular weight excluding hydrogens is 264 g/mol. The van der Waals surface area contributed by atoms with Gasteiger partial charge in [0.15, 0.2) is 5.17 Å². The Labute approximate surface area is 125 Å². The average molecular weight is 286 g/mol. The monoisotopic (exact) mass is 286 g/mol. The lowest BCUT2D eigenvalue weighted by molar-refractivity contribution is 0.303. The zero-order valence-electron chi connectivity index (χ0n) is 11.9. The van der Waals surface area contributed by atoms with Gasteiger partial charge in [-0.05, 0) is 30.4 Å². The number of hydrogen-bond donors (Lipinski definition) is 1. The third-order valence-corrected chi connectivity index (χ3v) is 6.29. The van der Waals surface area contributed by atoms with Crippen molar-refractivity contribution in [3.63, 3.8) is 0 Å². The van der Waals surface area contributed by atoms with Crippen molar-refractivity contribution < 1.29 is 0 Å². The van der Waals surface area contributed by atoms with Crippen LogP contribution in [0.3, 0.4) is 0 Å². The lowest BCUT2D eigenvalue weighted by atomic mass is 9.78. The molecule has 1 saturated carbocycles. The molecule has 0 radical (unpaired) electrons. The van der Waals surface area contributed by atoms with Crippen molar-refractivity contribution in [1.29, 1.82) is 0 Å². The fourth-order valence-corrected chi connectivity index (χ4v) is 5.04. The van der Waals surface area contributed by atoms with Crippen LogP contribution in [0, 0.1) is 0 Å². The van der Waals surface area contributed by atoms with E-state index in [2.05, 4.69) is 29.6 Å². The van der Waals surface area contributed by atoms with Crippen molar-refractivity contribution in [2.24, 2.45) is 4.99 Å². The number of nitrogens with zero attached hydrogens (tertiary/aromatic N) is 1. The predicted molar refractivity (Wildman–Crippen MR) is 86.6 cm³/mol. The molecule has 1 aromatic rings. The molecule has 1 aromatic carbocycles. The van der Waals surface area contributed by atoms with Crippen LogP contribution in [0.1, 0.15) is 49.1 Å². The standard InChI is InChI=1S/C17H22N2S/c1-4-8-17(9-5-1)12-20-16(19-17)18-11-14-10-13-6-2-3-7-15(13)14/h2-3,6-7,14H,1,4-5,8-12H2,(H,18,19). The molecule has 1 aliphatic heterocycles. The third-order valence-electron chi connectivity index (χ3n) is 5.08. The fraction of sp³-hybridized carbons (Fsp3) is 0.588. The molecule has 2 nitrogen and oxygen atoms in total. The van der Waals surface area contributed by atoms with Crippen LogP contribution in [0.5, 0.6) is 0 Å².